The topological polar surface area (TPSA) is 20.2 Å². The van der Waals surface area contributed by atoms with Gasteiger partial charge in [0.25, 0.3) is 0 Å². The number of aliphatic hydroxyl groups excluding tert-OH is 1. The van der Waals surface area contributed by atoms with Gasteiger partial charge in [0.15, 0.2) is 0 Å². The average molecular weight is 214 g/mol. The molecule has 0 rings (SSSR count). The first-order valence-electron chi connectivity index (χ1n) is 6.99. The Morgan fingerprint density at radius 2 is 1.07 bits per heavy atom. The summed E-state index contributed by atoms with van der Waals surface area (Å²) in [6.45, 7) is 4.46. The maximum atomic E-state index is 9.68. The number of unbranched alkanes of at least 4 members (excludes halogenated alkanes) is 7. The largest absolute Gasteiger partial charge is 0.393 e. The lowest BCUT2D eigenvalue weighted by atomic mass is 10.0. The van der Waals surface area contributed by atoms with Crippen molar-refractivity contribution in [3.05, 3.63) is 0 Å². The van der Waals surface area contributed by atoms with Gasteiger partial charge in [0, 0.05) is 0 Å². The molecule has 0 fully saturated rings. The molecule has 1 atom stereocenters. The zero-order valence-electron chi connectivity index (χ0n) is 10.8. The van der Waals surface area contributed by atoms with Crippen LogP contribution < -0.4 is 0 Å². The van der Waals surface area contributed by atoms with Crippen LogP contribution in [0.4, 0.5) is 0 Å². The van der Waals surface area contributed by atoms with E-state index in [0.717, 1.165) is 12.8 Å². The Morgan fingerprint density at radius 1 is 0.667 bits per heavy atom. The second kappa shape index (κ2) is 12.0. The highest BCUT2D eigenvalue weighted by Gasteiger charge is 2.02. The second-order valence-electron chi connectivity index (χ2n) is 4.71. The molecular weight excluding hydrogens is 184 g/mol. The molecule has 0 bridgehead atoms. The van der Waals surface area contributed by atoms with Crippen LogP contribution in [0.3, 0.4) is 0 Å². The highest BCUT2D eigenvalue weighted by atomic mass is 16.3. The first-order chi connectivity index (χ1) is 7.31. The molecule has 0 amide bonds. The van der Waals surface area contributed by atoms with Crippen LogP contribution in [0.2, 0.25) is 0 Å². The van der Waals surface area contributed by atoms with Gasteiger partial charge in [-0.25, -0.2) is 0 Å². The fraction of sp³-hybridized carbons (Fsp3) is 1.00. The third-order valence-corrected chi connectivity index (χ3v) is 3.03. The third-order valence-electron chi connectivity index (χ3n) is 3.03. The molecule has 0 saturated heterocycles. The van der Waals surface area contributed by atoms with E-state index in [0.29, 0.717) is 0 Å². The van der Waals surface area contributed by atoms with Crippen LogP contribution in [0, 0.1) is 0 Å². The minimum atomic E-state index is -0.0253. The van der Waals surface area contributed by atoms with Gasteiger partial charge >= 0.3 is 0 Å². The van der Waals surface area contributed by atoms with E-state index in [9.17, 15) is 5.11 Å². The average Bonchev–Trinajstić information content (AvgIpc) is 2.23. The van der Waals surface area contributed by atoms with Gasteiger partial charge in [-0.15, -0.1) is 0 Å². The van der Waals surface area contributed by atoms with Gasteiger partial charge in [0.2, 0.25) is 0 Å². The zero-order chi connectivity index (χ0) is 11.4. The Morgan fingerprint density at radius 3 is 1.67 bits per heavy atom. The summed E-state index contributed by atoms with van der Waals surface area (Å²) in [4.78, 5) is 0. The third kappa shape index (κ3) is 11.9. The predicted octanol–water partition coefficient (Wildman–Crippen LogP) is 4.68. The highest BCUT2D eigenvalue weighted by molar-refractivity contribution is 4.56. The number of aliphatic hydroxyl groups is 1. The summed E-state index contributed by atoms with van der Waals surface area (Å²) >= 11 is 0. The smallest absolute Gasteiger partial charge is 0.0540 e. The van der Waals surface area contributed by atoms with Gasteiger partial charge in [0.05, 0.1) is 6.10 Å². The normalized spacial score (nSPS) is 13.0. The van der Waals surface area contributed by atoms with Crippen LogP contribution >= 0.6 is 0 Å². The second-order valence-corrected chi connectivity index (χ2v) is 4.71. The number of hydrogen-bond donors (Lipinski definition) is 1. The van der Waals surface area contributed by atoms with E-state index in [-0.39, 0.29) is 6.10 Å². The molecule has 0 unspecified atom stereocenters. The summed E-state index contributed by atoms with van der Waals surface area (Å²) in [5, 5.41) is 9.68. The predicted molar refractivity (Wildman–Crippen MR) is 68.1 cm³/mol. The molecule has 0 aromatic carbocycles. The standard InChI is InChI=1S/C14H30O/c1-3-5-7-8-9-11-13-14(15)12-10-6-4-2/h14-15H,3-13H2,1-2H3/t14-/m1/s1. The lowest BCUT2D eigenvalue weighted by Crippen LogP contribution is -2.05. The van der Waals surface area contributed by atoms with Gasteiger partial charge in [-0.3, -0.25) is 0 Å². The van der Waals surface area contributed by atoms with Gasteiger partial charge in [-0.2, -0.15) is 0 Å². The van der Waals surface area contributed by atoms with Crippen molar-refractivity contribution in [2.24, 2.45) is 0 Å². The Hall–Kier alpha value is -0.0400. The van der Waals surface area contributed by atoms with Crippen LogP contribution in [-0.2, 0) is 0 Å². The molecule has 0 aliphatic rings. The lowest BCUT2D eigenvalue weighted by molar-refractivity contribution is 0.147. The van der Waals surface area contributed by atoms with Crippen molar-refractivity contribution < 1.29 is 5.11 Å². The van der Waals surface area contributed by atoms with Gasteiger partial charge < -0.3 is 5.11 Å². The minimum absolute atomic E-state index is 0.0253. The van der Waals surface area contributed by atoms with Gasteiger partial charge in [-0.1, -0.05) is 71.6 Å². The van der Waals surface area contributed by atoms with E-state index < -0.39 is 0 Å². The minimum Gasteiger partial charge on any atom is -0.393 e. The van der Waals surface area contributed by atoms with E-state index in [1.807, 2.05) is 0 Å². The highest BCUT2D eigenvalue weighted by Crippen LogP contribution is 2.12. The molecule has 92 valence electrons. The fourth-order valence-corrected chi connectivity index (χ4v) is 1.93. The zero-order valence-corrected chi connectivity index (χ0v) is 10.8. The van der Waals surface area contributed by atoms with Crippen molar-refractivity contribution in [3.63, 3.8) is 0 Å². The van der Waals surface area contributed by atoms with Crippen molar-refractivity contribution in [3.8, 4) is 0 Å². The fourth-order valence-electron chi connectivity index (χ4n) is 1.93. The molecule has 0 spiro atoms. The van der Waals surface area contributed by atoms with Gasteiger partial charge in [-0.05, 0) is 12.8 Å². The number of hydrogen-bond acceptors (Lipinski definition) is 1. The first kappa shape index (κ1) is 15.0. The Balaban J connectivity index is 3.06. The molecule has 0 saturated carbocycles. The summed E-state index contributed by atoms with van der Waals surface area (Å²) in [7, 11) is 0. The summed E-state index contributed by atoms with van der Waals surface area (Å²) in [6.07, 6.45) is 13.7. The Kier molecular flexibility index (Phi) is 12.0. The monoisotopic (exact) mass is 214 g/mol. The summed E-state index contributed by atoms with van der Waals surface area (Å²) in [6, 6.07) is 0. The van der Waals surface area contributed by atoms with E-state index in [2.05, 4.69) is 13.8 Å². The van der Waals surface area contributed by atoms with Crippen LogP contribution in [0.5, 0.6) is 0 Å². The summed E-state index contributed by atoms with van der Waals surface area (Å²) < 4.78 is 0. The number of rotatable bonds is 11. The van der Waals surface area contributed by atoms with Crippen molar-refractivity contribution in [1.29, 1.82) is 0 Å². The Bertz CT molecular complexity index is 112. The summed E-state index contributed by atoms with van der Waals surface area (Å²) in [5.41, 5.74) is 0. The van der Waals surface area contributed by atoms with E-state index in [1.165, 1.54) is 57.8 Å². The quantitative estimate of drug-likeness (QED) is 0.495. The van der Waals surface area contributed by atoms with Crippen molar-refractivity contribution in [1.82, 2.24) is 0 Å². The first-order valence-corrected chi connectivity index (χ1v) is 6.99. The molecule has 0 heterocycles. The molecule has 1 N–H and O–H groups in total. The van der Waals surface area contributed by atoms with Crippen LogP contribution in [0.25, 0.3) is 0 Å². The molecule has 0 aliphatic carbocycles. The molecule has 0 aromatic heterocycles. The van der Waals surface area contributed by atoms with Crippen LogP contribution in [-0.4, -0.2) is 11.2 Å². The maximum Gasteiger partial charge on any atom is 0.0540 e. The van der Waals surface area contributed by atoms with Crippen LogP contribution in [0.1, 0.15) is 84.5 Å². The van der Waals surface area contributed by atoms with Crippen molar-refractivity contribution >= 4 is 0 Å². The molecule has 1 nitrogen and oxygen atoms in total. The van der Waals surface area contributed by atoms with Gasteiger partial charge in [0.1, 0.15) is 0 Å². The van der Waals surface area contributed by atoms with E-state index >= 15 is 0 Å². The maximum absolute atomic E-state index is 9.68. The van der Waals surface area contributed by atoms with Crippen molar-refractivity contribution in [2.75, 3.05) is 0 Å². The Labute approximate surface area is 96.3 Å². The SMILES string of the molecule is CCCCCCCC[C@H](O)CCCCC. The molecule has 0 radical (unpaired) electrons. The van der Waals surface area contributed by atoms with E-state index in [4.69, 9.17) is 0 Å². The molecule has 0 aromatic rings. The summed E-state index contributed by atoms with van der Waals surface area (Å²) in [5.74, 6) is 0. The molecule has 15 heavy (non-hydrogen) atoms. The molecule has 0 aliphatic heterocycles. The van der Waals surface area contributed by atoms with E-state index in [1.54, 1.807) is 0 Å². The molecule has 1 heteroatoms. The lowest BCUT2D eigenvalue weighted by Gasteiger charge is -2.09. The van der Waals surface area contributed by atoms with Crippen LogP contribution in [0.15, 0.2) is 0 Å². The molecular formula is C14H30O. The van der Waals surface area contributed by atoms with Crippen molar-refractivity contribution in [2.45, 2.75) is 90.6 Å².